The lowest BCUT2D eigenvalue weighted by Gasteiger charge is -2.19. The normalized spacial score (nSPS) is 11.8. The van der Waals surface area contributed by atoms with E-state index in [9.17, 15) is 0 Å². The number of rotatable bonds is 6. The Bertz CT molecular complexity index is 2160. The largest absolute Gasteiger partial charge is 0.256 e. The van der Waals surface area contributed by atoms with Crippen molar-refractivity contribution >= 4 is 11.6 Å². The maximum atomic E-state index is 6.90. The summed E-state index contributed by atoms with van der Waals surface area (Å²) in [5, 5.41) is 0.701. The Morgan fingerprint density at radius 2 is 0.706 bits per heavy atom. The number of nitrogens with zero attached hydrogens (tertiary/aromatic N) is 2. The van der Waals surface area contributed by atoms with Crippen molar-refractivity contribution in [1.82, 2.24) is 9.97 Å². The molecule has 2 heterocycles. The molecular weight excluding hydrogens is 640 g/mol. The van der Waals surface area contributed by atoms with Crippen molar-refractivity contribution in [3.8, 4) is 67.0 Å². The highest BCUT2D eigenvalue weighted by Gasteiger charge is 2.17. The van der Waals surface area contributed by atoms with Crippen molar-refractivity contribution in [1.29, 1.82) is 0 Å². The molecule has 51 heavy (non-hydrogen) atoms. The van der Waals surface area contributed by atoms with E-state index in [4.69, 9.17) is 11.6 Å². The molecule has 5 aromatic carbocycles. The van der Waals surface area contributed by atoms with Crippen LogP contribution in [0.4, 0.5) is 0 Å². The zero-order valence-electron chi connectivity index (χ0n) is 30.2. The molecule has 0 unspecified atom stereocenters. The fourth-order valence-electron chi connectivity index (χ4n) is 6.62. The Labute approximate surface area is 307 Å². The average Bonchev–Trinajstić information content (AvgIpc) is 3.14. The van der Waals surface area contributed by atoms with Crippen LogP contribution in [0.15, 0.2) is 152 Å². The van der Waals surface area contributed by atoms with Gasteiger partial charge in [0, 0.05) is 28.5 Å². The number of pyridine rings is 2. The Balaban J connectivity index is 1.22. The van der Waals surface area contributed by atoms with Gasteiger partial charge < -0.3 is 0 Å². The molecule has 0 N–H and O–H groups in total. The summed E-state index contributed by atoms with van der Waals surface area (Å²) >= 11 is 6.90. The minimum Gasteiger partial charge on any atom is -0.256 e. The second-order valence-corrected chi connectivity index (χ2v) is 15.8. The number of hydrogen-bond acceptors (Lipinski definition) is 2. The SMILES string of the molecule is CC(C)(C)c1ccnc(-c2ccc(-c3ccccc3-c3cc(Cl)cc(-c4ccccc4-c4ccc(-c5cc(C(C)(C)C)ccn5)cc4)c3)cc2)c1. The molecule has 0 atom stereocenters. The van der Waals surface area contributed by atoms with Crippen molar-refractivity contribution < 1.29 is 0 Å². The van der Waals surface area contributed by atoms with Gasteiger partial charge in [-0.2, -0.15) is 0 Å². The second-order valence-electron chi connectivity index (χ2n) is 15.3. The molecule has 0 saturated heterocycles. The van der Waals surface area contributed by atoms with Gasteiger partial charge in [0.2, 0.25) is 0 Å². The third-order valence-electron chi connectivity index (χ3n) is 9.61. The minimum atomic E-state index is 0.0639. The molecule has 0 aliphatic rings. The summed E-state index contributed by atoms with van der Waals surface area (Å²) < 4.78 is 0. The van der Waals surface area contributed by atoms with Gasteiger partial charge in [-0.25, -0.2) is 0 Å². The Hall–Kier alpha value is -5.31. The molecule has 3 heteroatoms. The summed E-state index contributed by atoms with van der Waals surface area (Å²) in [6.07, 6.45) is 3.82. The zero-order valence-corrected chi connectivity index (χ0v) is 31.0. The standard InChI is InChI=1S/C48H43ClN2/c1-47(2,3)38-23-25-50-45(30-38)34-19-15-32(16-20-34)41-11-7-9-13-43(41)36-27-37(29-40(49)28-36)44-14-10-8-12-42(44)33-17-21-35(22-18-33)46-31-39(24-26-51-46)48(4,5)6/h7-31H,1-6H3. The predicted molar refractivity (Wildman–Crippen MR) is 217 cm³/mol. The monoisotopic (exact) mass is 682 g/mol. The van der Waals surface area contributed by atoms with Gasteiger partial charge in [0.25, 0.3) is 0 Å². The predicted octanol–water partition coefficient (Wildman–Crippen LogP) is 13.7. The third-order valence-corrected chi connectivity index (χ3v) is 9.83. The van der Waals surface area contributed by atoms with E-state index in [1.54, 1.807) is 0 Å². The lowest BCUT2D eigenvalue weighted by Crippen LogP contribution is -2.11. The van der Waals surface area contributed by atoms with Crippen molar-refractivity contribution in [3.05, 3.63) is 168 Å². The molecule has 0 amide bonds. The van der Waals surface area contributed by atoms with Gasteiger partial charge in [-0.1, -0.05) is 150 Å². The van der Waals surface area contributed by atoms with Crippen LogP contribution >= 0.6 is 11.6 Å². The summed E-state index contributed by atoms with van der Waals surface area (Å²) in [5.41, 5.74) is 15.9. The molecule has 0 saturated carbocycles. The van der Waals surface area contributed by atoms with Gasteiger partial charge in [0.05, 0.1) is 11.4 Å². The van der Waals surface area contributed by atoms with Crippen molar-refractivity contribution in [2.45, 2.75) is 52.4 Å². The van der Waals surface area contributed by atoms with Crippen LogP contribution in [0.25, 0.3) is 67.0 Å². The number of benzene rings is 5. The molecule has 0 spiro atoms. The Kier molecular flexibility index (Phi) is 9.23. The molecule has 2 aromatic heterocycles. The zero-order chi connectivity index (χ0) is 35.8. The molecule has 0 aliphatic carbocycles. The maximum absolute atomic E-state index is 6.90. The van der Waals surface area contributed by atoms with E-state index in [1.807, 2.05) is 12.4 Å². The van der Waals surface area contributed by atoms with E-state index in [-0.39, 0.29) is 10.8 Å². The van der Waals surface area contributed by atoms with Gasteiger partial charge >= 0.3 is 0 Å². The van der Waals surface area contributed by atoms with Crippen LogP contribution in [0, 0.1) is 0 Å². The molecular formula is C48H43ClN2. The molecule has 252 valence electrons. The summed E-state index contributed by atoms with van der Waals surface area (Å²) in [5.74, 6) is 0. The summed E-state index contributed by atoms with van der Waals surface area (Å²) in [6, 6.07) is 49.6. The van der Waals surface area contributed by atoms with Crippen LogP contribution in [-0.4, -0.2) is 9.97 Å². The van der Waals surface area contributed by atoms with E-state index >= 15 is 0 Å². The fourth-order valence-corrected chi connectivity index (χ4v) is 6.86. The molecule has 7 rings (SSSR count). The van der Waals surface area contributed by atoms with Crippen molar-refractivity contribution in [2.75, 3.05) is 0 Å². The molecule has 0 bridgehead atoms. The van der Waals surface area contributed by atoms with Crippen LogP contribution in [0.3, 0.4) is 0 Å². The van der Waals surface area contributed by atoms with Crippen LogP contribution < -0.4 is 0 Å². The van der Waals surface area contributed by atoms with E-state index < -0.39 is 0 Å². The first kappa shape index (κ1) is 34.2. The first-order valence-electron chi connectivity index (χ1n) is 17.6. The molecule has 0 radical (unpaired) electrons. The van der Waals surface area contributed by atoms with Crippen molar-refractivity contribution in [2.24, 2.45) is 0 Å². The highest BCUT2D eigenvalue weighted by atomic mass is 35.5. The van der Waals surface area contributed by atoms with E-state index in [2.05, 4.69) is 191 Å². The summed E-state index contributed by atoms with van der Waals surface area (Å²) in [4.78, 5) is 9.36. The van der Waals surface area contributed by atoms with Crippen LogP contribution in [-0.2, 0) is 10.8 Å². The van der Waals surface area contributed by atoms with Gasteiger partial charge in [-0.3, -0.25) is 9.97 Å². The highest BCUT2D eigenvalue weighted by Crippen LogP contribution is 2.40. The maximum Gasteiger partial charge on any atom is 0.0704 e. The smallest absolute Gasteiger partial charge is 0.0704 e. The number of aromatic nitrogens is 2. The first-order chi connectivity index (χ1) is 24.4. The fraction of sp³-hybridized carbons (Fsp3) is 0.167. The average molecular weight is 683 g/mol. The first-order valence-corrected chi connectivity index (χ1v) is 18.0. The number of halogens is 1. The van der Waals surface area contributed by atoms with Crippen molar-refractivity contribution in [3.63, 3.8) is 0 Å². The highest BCUT2D eigenvalue weighted by molar-refractivity contribution is 6.31. The Morgan fingerprint density at radius 1 is 0.373 bits per heavy atom. The van der Waals surface area contributed by atoms with Gasteiger partial charge in [-0.15, -0.1) is 0 Å². The van der Waals surface area contributed by atoms with Crippen LogP contribution in [0.5, 0.6) is 0 Å². The third kappa shape index (κ3) is 7.43. The number of hydrogen-bond donors (Lipinski definition) is 0. The lowest BCUT2D eigenvalue weighted by atomic mass is 9.86. The van der Waals surface area contributed by atoms with Gasteiger partial charge in [-0.05, 0) is 109 Å². The topological polar surface area (TPSA) is 25.8 Å². The quantitative estimate of drug-likeness (QED) is 0.174. The summed E-state index contributed by atoms with van der Waals surface area (Å²) in [7, 11) is 0. The lowest BCUT2D eigenvalue weighted by molar-refractivity contribution is 0.589. The minimum absolute atomic E-state index is 0.0639. The van der Waals surface area contributed by atoms with Gasteiger partial charge in [0.15, 0.2) is 0 Å². The molecule has 2 nitrogen and oxygen atoms in total. The molecule has 7 aromatic rings. The van der Waals surface area contributed by atoms with E-state index in [1.165, 1.54) is 11.1 Å². The van der Waals surface area contributed by atoms with Crippen LogP contribution in [0.1, 0.15) is 52.7 Å². The summed E-state index contributed by atoms with van der Waals surface area (Å²) in [6.45, 7) is 13.4. The van der Waals surface area contributed by atoms with Crippen LogP contribution in [0.2, 0.25) is 5.02 Å². The molecule has 0 fully saturated rings. The second kappa shape index (κ2) is 13.8. The Morgan fingerprint density at radius 3 is 1.06 bits per heavy atom. The van der Waals surface area contributed by atoms with E-state index in [0.29, 0.717) is 5.02 Å². The van der Waals surface area contributed by atoms with E-state index in [0.717, 1.165) is 67.0 Å². The molecule has 0 aliphatic heterocycles. The van der Waals surface area contributed by atoms with Gasteiger partial charge in [0.1, 0.15) is 0 Å².